The Morgan fingerprint density at radius 2 is 2.16 bits per heavy atom. The van der Waals surface area contributed by atoms with Crippen LogP contribution in [-0.2, 0) is 4.74 Å². The largest absolute Gasteiger partial charge is 0.375 e. The van der Waals surface area contributed by atoms with Crippen LogP contribution >= 0.6 is 0 Å². The van der Waals surface area contributed by atoms with Gasteiger partial charge in [-0.25, -0.2) is 4.79 Å². The lowest BCUT2D eigenvalue weighted by molar-refractivity contribution is -0.0376. The predicted octanol–water partition coefficient (Wildman–Crippen LogP) is 1.54. The summed E-state index contributed by atoms with van der Waals surface area (Å²) in [5.41, 5.74) is 0. The molecule has 1 fully saturated rings. The van der Waals surface area contributed by atoms with E-state index in [9.17, 15) is 4.79 Å². The smallest absolute Gasteiger partial charge is 0.317 e. The minimum absolute atomic E-state index is 0.0338. The molecular weight excluding hydrogens is 242 g/mol. The van der Waals surface area contributed by atoms with Crippen molar-refractivity contribution in [3.8, 4) is 0 Å². The Balaban J connectivity index is 2.23. The van der Waals surface area contributed by atoms with E-state index in [4.69, 9.17) is 4.74 Å². The van der Waals surface area contributed by atoms with Crippen LogP contribution in [0.15, 0.2) is 0 Å². The fraction of sp³-hybridized carbons (Fsp3) is 0.929. The van der Waals surface area contributed by atoms with Gasteiger partial charge in [0.15, 0.2) is 0 Å². The number of morpholine rings is 1. The Labute approximate surface area is 117 Å². The number of ether oxygens (including phenoxy) is 1. The molecular formula is C14H29N3O2. The summed E-state index contributed by atoms with van der Waals surface area (Å²) in [5.74, 6) is 0. The first kappa shape index (κ1) is 16.2. The molecule has 2 atom stereocenters. The maximum atomic E-state index is 12.1. The molecule has 112 valence electrons. The molecule has 0 bridgehead atoms. The van der Waals surface area contributed by atoms with Gasteiger partial charge in [0.1, 0.15) is 0 Å². The lowest BCUT2D eigenvalue weighted by Gasteiger charge is -2.37. The van der Waals surface area contributed by atoms with Crippen molar-refractivity contribution in [2.24, 2.45) is 0 Å². The third-order valence-electron chi connectivity index (χ3n) is 3.81. The first-order chi connectivity index (χ1) is 9.06. The van der Waals surface area contributed by atoms with E-state index in [0.717, 1.165) is 13.1 Å². The molecule has 0 aromatic carbocycles. The van der Waals surface area contributed by atoms with Gasteiger partial charge in [-0.1, -0.05) is 13.3 Å². The van der Waals surface area contributed by atoms with Crippen molar-refractivity contribution in [1.82, 2.24) is 15.1 Å². The van der Waals surface area contributed by atoms with Crippen LogP contribution in [0.2, 0.25) is 0 Å². The van der Waals surface area contributed by atoms with E-state index in [2.05, 4.69) is 24.2 Å². The summed E-state index contributed by atoms with van der Waals surface area (Å²) in [6.07, 6.45) is 2.54. The van der Waals surface area contributed by atoms with Crippen LogP contribution < -0.4 is 5.32 Å². The number of carbonyl (C=O) groups excluding carboxylic acids is 1. The molecule has 1 heterocycles. The number of rotatable bonds is 6. The number of amides is 2. The van der Waals surface area contributed by atoms with E-state index in [-0.39, 0.29) is 18.2 Å². The summed E-state index contributed by atoms with van der Waals surface area (Å²) in [4.78, 5) is 16.2. The van der Waals surface area contributed by atoms with Crippen LogP contribution in [0, 0.1) is 0 Å². The third kappa shape index (κ3) is 5.37. The minimum Gasteiger partial charge on any atom is -0.375 e. The molecule has 0 aromatic rings. The monoisotopic (exact) mass is 271 g/mol. The molecule has 1 aliphatic rings. The summed E-state index contributed by atoms with van der Waals surface area (Å²) in [5, 5.41) is 3.00. The van der Waals surface area contributed by atoms with Crippen molar-refractivity contribution in [1.29, 1.82) is 0 Å². The van der Waals surface area contributed by atoms with E-state index in [1.54, 1.807) is 0 Å². The highest BCUT2D eigenvalue weighted by atomic mass is 16.5. The van der Waals surface area contributed by atoms with E-state index in [1.807, 2.05) is 18.7 Å². The van der Waals surface area contributed by atoms with E-state index >= 15 is 0 Å². The lowest BCUT2D eigenvalue weighted by atomic mass is 10.1. The van der Waals surface area contributed by atoms with Crippen LogP contribution in [0.4, 0.5) is 4.79 Å². The van der Waals surface area contributed by atoms with Gasteiger partial charge in [0, 0.05) is 19.6 Å². The maximum Gasteiger partial charge on any atom is 0.317 e. The molecule has 5 nitrogen and oxygen atoms in total. The molecule has 0 unspecified atom stereocenters. The highest BCUT2D eigenvalue weighted by molar-refractivity contribution is 5.74. The zero-order chi connectivity index (χ0) is 14.3. The number of hydrogen-bond acceptors (Lipinski definition) is 3. The average molecular weight is 271 g/mol. The second kappa shape index (κ2) is 8.38. The molecule has 0 spiro atoms. The van der Waals surface area contributed by atoms with Crippen molar-refractivity contribution in [2.75, 3.05) is 39.8 Å². The van der Waals surface area contributed by atoms with Crippen molar-refractivity contribution in [3.63, 3.8) is 0 Å². The number of nitrogens with zero attached hydrogens (tertiary/aromatic N) is 2. The van der Waals surface area contributed by atoms with Crippen molar-refractivity contribution >= 4 is 6.03 Å². The third-order valence-corrected chi connectivity index (χ3v) is 3.81. The summed E-state index contributed by atoms with van der Waals surface area (Å²) in [6, 6.07) is 0.179. The van der Waals surface area contributed by atoms with Crippen LogP contribution in [0.1, 0.15) is 33.6 Å². The van der Waals surface area contributed by atoms with Crippen molar-refractivity contribution in [3.05, 3.63) is 0 Å². The Morgan fingerprint density at radius 3 is 2.84 bits per heavy atom. The Morgan fingerprint density at radius 1 is 1.42 bits per heavy atom. The molecule has 0 aliphatic carbocycles. The van der Waals surface area contributed by atoms with Crippen LogP contribution in [-0.4, -0.2) is 67.8 Å². The molecule has 0 radical (unpaired) electrons. The molecule has 0 aromatic heterocycles. The number of unbranched alkanes of at least 4 members (excludes halogenated alkanes) is 1. The fourth-order valence-electron chi connectivity index (χ4n) is 2.21. The minimum atomic E-state index is 0.0338. The molecule has 1 saturated heterocycles. The summed E-state index contributed by atoms with van der Waals surface area (Å²) in [7, 11) is 2.10. The normalized spacial score (nSPS) is 23.7. The molecule has 0 saturated carbocycles. The van der Waals surface area contributed by atoms with E-state index < -0.39 is 0 Å². The quantitative estimate of drug-likeness (QED) is 0.797. The van der Waals surface area contributed by atoms with Gasteiger partial charge in [0.05, 0.1) is 18.8 Å². The van der Waals surface area contributed by atoms with E-state index in [0.29, 0.717) is 19.7 Å². The Hall–Kier alpha value is -0.810. The molecule has 1 rings (SSSR count). The zero-order valence-corrected chi connectivity index (χ0v) is 12.8. The standard InChI is InChI=1S/C14H29N3O2/c1-5-6-8-16(4)9-7-15-14(18)17-10-11-19-13(3)12(17)2/h12-13H,5-11H2,1-4H3,(H,15,18)/t12-,13-/m1/s1. The number of nitrogens with one attached hydrogen (secondary N) is 1. The molecule has 19 heavy (non-hydrogen) atoms. The average Bonchev–Trinajstić information content (AvgIpc) is 2.39. The predicted molar refractivity (Wildman–Crippen MR) is 77.4 cm³/mol. The molecule has 5 heteroatoms. The van der Waals surface area contributed by atoms with E-state index in [1.165, 1.54) is 12.8 Å². The van der Waals surface area contributed by atoms with Gasteiger partial charge in [-0.15, -0.1) is 0 Å². The topological polar surface area (TPSA) is 44.8 Å². The van der Waals surface area contributed by atoms with Gasteiger partial charge < -0.3 is 19.9 Å². The maximum absolute atomic E-state index is 12.1. The summed E-state index contributed by atoms with van der Waals surface area (Å²) in [6.45, 7) is 10.3. The van der Waals surface area contributed by atoms with Crippen LogP contribution in [0.3, 0.4) is 0 Å². The first-order valence-electron chi connectivity index (χ1n) is 7.40. The second-order valence-corrected chi connectivity index (χ2v) is 5.40. The Bertz CT molecular complexity index is 273. The second-order valence-electron chi connectivity index (χ2n) is 5.40. The van der Waals surface area contributed by atoms with Crippen LogP contribution in [0.5, 0.6) is 0 Å². The first-order valence-corrected chi connectivity index (χ1v) is 7.40. The molecule has 1 aliphatic heterocycles. The van der Waals surface area contributed by atoms with Gasteiger partial charge in [0.2, 0.25) is 0 Å². The van der Waals surface area contributed by atoms with Gasteiger partial charge >= 0.3 is 6.03 Å². The number of urea groups is 1. The molecule has 2 amide bonds. The summed E-state index contributed by atoms with van der Waals surface area (Å²) < 4.78 is 5.53. The number of carbonyl (C=O) groups is 1. The SMILES string of the molecule is CCCCN(C)CCNC(=O)N1CCO[C@H](C)[C@H]1C. The highest BCUT2D eigenvalue weighted by Crippen LogP contribution is 2.13. The fourth-order valence-corrected chi connectivity index (χ4v) is 2.21. The number of likely N-dealkylation sites (N-methyl/N-ethyl adjacent to an activating group) is 1. The lowest BCUT2D eigenvalue weighted by Crippen LogP contribution is -2.55. The zero-order valence-electron chi connectivity index (χ0n) is 12.8. The van der Waals surface area contributed by atoms with Gasteiger partial charge in [-0.05, 0) is 33.9 Å². The summed E-state index contributed by atoms with van der Waals surface area (Å²) >= 11 is 0. The van der Waals surface area contributed by atoms with Crippen LogP contribution in [0.25, 0.3) is 0 Å². The van der Waals surface area contributed by atoms with Crippen molar-refractivity contribution < 1.29 is 9.53 Å². The van der Waals surface area contributed by atoms with Gasteiger partial charge in [-0.3, -0.25) is 0 Å². The van der Waals surface area contributed by atoms with Crippen molar-refractivity contribution in [2.45, 2.75) is 45.8 Å². The number of hydrogen-bond donors (Lipinski definition) is 1. The molecule has 1 N–H and O–H groups in total. The highest BCUT2D eigenvalue weighted by Gasteiger charge is 2.28. The Kier molecular flexibility index (Phi) is 7.16. The van der Waals surface area contributed by atoms with Gasteiger partial charge in [-0.2, -0.15) is 0 Å². The van der Waals surface area contributed by atoms with Gasteiger partial charge in [0.25, 0.3) is 0 Å².